The minimum absolute atomic E-state index is 0.0405. The average Bonchev–Trinajstić information content (AvgIpc) is 3.24. The minimum atomic E-state index is -0.0844. The molecule has 0 saturated heterocycles. The quantitative estimate of drug-likeness (QED) is 0.161. The van der Waals surface area contributed by atoms with Crippen molar-refractivity contribution in [2.75, 3.05) is 4.90 Å². The normalized spacial score (nSPS) is 14.1. The first-order valence-electron chi connectivity index (χ1n) is 19.4. The summed E-state index contributed by atoms with van der Waals surface area (Å²) in [4.78, 5) is 2.46. The highest BCUT2D eigenvalue weighted by Gasteiger charge is 2.45. The van der Waals surface area contributed by atoms with Crippen molar-refractivity contribution < 1.29 is 0 Å². The third-order valence-corrected chi connectivity index (χ3v) is 12.8. The Morgan fingerprint density at radius 2 is 0.727 bits per heavy atom. The summed E-state index contributed by atoms with van der Waals surface area (Å²) in [6.07, 6.45) is 0. The van der Waals surface area contributed by atoms with E-state index in [1.807, 2.05) is 0 Å². The van der Waals surface area contributed by atoms with Crippen molar-refractivity contribution in [1.29, 1.82) is 0 Å². The highest BCUT2D eigenvalue weighted by molar-refractivity contribution is 6.25. The van der Waals surface area contributed by atoms with E-state index < -0.39 is 0 Å². The summed E-state index contributed by atoms with van der Waals surface area (Å²) in [7, 11) is 0. The number of para-hydroxylation sites is 3. The molecule has 9 aromatic rings. The van der Waals surface area contributed by atoms with E-state index in [4.69, 9.17) is 0 Å². The van der Waals surface area contributed by atoms with E-state index in [1.54, 1.807) is 0 Å². The Balaban J connectivity index is 1.18. The Bertz CT molecular complexity index is 2900. The van der Waals surface area contributed by atoms with Gasteiger partial charge in [0.05, 0.1) is 11.4 Å². The molecule has 0 atom stereocenters. The Hall–Kier alpha value is -6.44. The van der Waals surface area contributed by atoms with Crippen LogP contribution in [0.4, 0.5) is 17.1 Å². The van der Waals surface area contributed by atoms with Gasteiger partial charge in [0, 0.05) is 16.8 Å². The lowest BCUT2D eigenvalue weighted by Crippen LogP contribution is -2.43. The molecule has 0 amide bonds. The summed E-state index contributed by atoms with van der Waals surface area (Å²) < 4.78 is 0. The molecule has 0 radical (unpaired) electrons. The van der Waals surface area contributed by atoms with Crippen molar-refractivity contribution in [2.45, 2.75) is 38.5 Å². The lowest BCUT2D eigenvalue weighted by molar-refractivity contribution is 0.299. The van der Waals surface area contributed by atoms with E-state index in [0.29, 0.717) is 0 Å². The maximum Gasteiger partial charge on any atom is 0.0540 e. The summed E-state index contributed by atoms with van der Waals surface area (Å²) in [5, 5.41) is 7.70. The van der Waals surface area contributed by atoms with Crippen molar-refractivity contribution >= 4 is 49.4 Å². The molecule has 1 aliphatic carbocycles. The molecule has 10 rings (SSSR count). The molecular weight excluding hydrogens is 663 g/mol. The van der Waals surface area contributed by atoms with Crippen molar-refractivity contribution in [1.82, 2.24) is 0 Å². The predicted octanol–water partition coefficient (Wildman–Crippen LogP) is 15.2. The molecule has 0 aromatic heterocycles. The molecule has 0 spiro atoms. The number of anilines is 3. The van der Waals surface area contributed by atoms with Crippen LogP contribution in [-0.4, -0.2) is 0 Å². The van der Waals surface area contributed by atoms with Gasteiger partial charge in [-0.05, 0) is 113 Å². The van der Waals surface area contributed by atoms with Gasteiger partial charge in [0.1, 0.15) is 0 Å². The molecule has 9 aromatic carbocycles. The number of benzene rings is 9. The SMILES string of the molecule is CC1(C)c2ccccc2-c2ccc(-c3ccccc3N(c3ccccc3)c3ccccc3-c3ccc4c5ccccc5c5ccccc5c4c3)cc2C1(C)C. The van der Waals surface area contributed by atoms with E-state index in [-0.39, 0.29) is 10.8 Å². The molecule has 55 heavy (non-hydrogen) atoms. The molecule has 1 aliphatic rings. The van der Waals surface area contributed by atoms with Gasteiger partial charge in [-0.3, -0.25) is 0 Å². The molecule has 0 unspecified atom stereocenters. The summed E-state index contributed by atoms with van der Waals surface area (Å²) >= 11 is 0. The zero-order valence-electron chi connectivity index (χ0n) is 31.8. The second kappa shape index (κ2) is 12.6. The topological polar surface area (TPSA) is 3.24 Å². The highest BCUT2D eigenvalue weighted by Crippen LogP contribution is 2.55. The number of fused-ring (bicyclic) bond motifs is 9. The molecule has 264 valence electrons. The second-order valence-electron chi connectivity index (χ2n) is 16.1. The van der Waals surface area contributed by atoms with Crippen LogP contribution in [0.1, 0.15) is 38.8 Å². The Labute approximate surface area is 324 Å². The molecule has 0 heterocycles. The lowest BCUT2D eigenvalue weighted by Gasteiger charge is -2.48. The summed E-state index contributed by atoms with van der Waals surface area (Å²) in [6, 6.07) is 69.5. The second-order valence-corrected chi connectivity index (χ2v) is 16.1. The van der Waals surface area contributed by atoms with Crippen LogP contribution in [0.25, 0.3) is 65.7 Å². The molecule has 0 aliphatic heterocycles. The van der Waals surface area contributed by atoms with Crippen LogP contribution in [0.5, 0.6) is 0 Å². The fourth-order valence-electron chi connectivity index (χ4n) is 9.29. The fourth-order valence-corrected chi connectivity index (χ4v) is 9.29. The Morgan fingerprint density at radius 1 is 0.309 bits per heavy atom. The van der Waals surface area contributed by atoms with Crippen LogP contribution >= 0.6 is 0 Å². The van der Waals surface area contributed by atoms with Gasteiger partial charge in [0.25, 0.3) is 0 Å². The number of nitrogens with zero attached hydrogens (tertiary/aromatic N) is 1. The summed E-state index contributed by atoms with van der Waals surface area (Å²) in [5.74, 6) is 0. The van der Waals surface area contributed by atoms with Crippen molar-refractivity contribution in [2.24, 2.45) is 0 Å². The maximum atomic E-state index is 2.47. The standard InChI is InChI=1S/C54H43N/c1-53(2)49-27-15-12-26-46(49)47-33-31-37(35-50(47)54(53,3)4)40-21-14-17-29-52(40)55(38-18-6-5-7-19-38)51-28-16-13-20-39(51)36-30-32-45-43-24-9-8-22-41(43)42-23-10-11-25-44(42)48(45)34-36/h5-35H,1-4H3. The molecular formula is C54H43N. The molecule has 0 N–H and O–H groups in total. The van der Waals surface area contributed by atoms with Gasteiger partial charge in [-0.15, -0.1) is 0 Å². The summed E-state index contributed by atoms with van der Waals surface area (Å²) in [5.41, 5.74) is 13.6. The maximum absolute atomic E-state index is 2.47. The van der Waals surface area contributed by atoms with Gasteiger partial charge < -0.3 is 4.90 Å². The van der Waals surface area contributed by atoms with Crippen molar-refractivity contribution in [3.8, 4) is 33.4 Å². The average molecular weight is 706 g/mol. The molecule has 0 bridgehead atoms. The van der Waals surface area contributed by atoms with Gasteiger partial charge in [-0.1, -0.05) is 179 Å². The molecule has 1 heteroatoms. The van der Waals surface area contributed by atoms with Crippen LogP contribution in [0, 0.1) is 0 Å². The van der Waals surface area contributed by atoms with Gasteiger partial charge >= 0.3 is 0 Å². The van der Waals surface area contributed by atoms with E-state index in [0.717, 1.165) is 17.1 Å². The Kier molecular flexibility index (Phi) is 7.58. The number of hydrogen-bond acceptors (Lipinski definition) is 1. The van der Waals surface area contributed by atoms with Crippen molar-refractivity contribution in [3.05, 3.63) is 199 Å². The molecule has 0 saturated carbocycles. The largest absolute Gasteiger partial charge is 0.309 e. The third kappa shape index (κ3) is 5.07. The van der Waals surface area contributed by atoms with E-state index >= 15 is 0 Å². The van der Waals surface area contributed by atoms with Crippen LogP contribution < -0.4 is 4.90 Å². The molecule has 0 fully saturated rings. The highest BCUT2D eigenvalue weighted by atomic mass is 15.1. The van der Waals surface area contributed by atoms with Crippen molar-refractivity contribution in [3.63, 3.8) is 0 Å². The fraction of sp³-hybridized carbons (Fsp3) is 0.111. The number of hydrogen-bond donors (Lipinski definition) is 0. The Morgan fingerprint density at radius 3 is 1.35 bits per heavy atom. The van der Waals surface area contributed by atoms with E-state index in [2.05, 4.69) is 221 Å². The third-order valence-electron chi connectivity index (χ3n) is 12.8. The number of rotatable bonds is 5. The van der Waals surface area contributed by atoms with Crippen LogP contribution in [0.15, 0.2) is 188 Å². The van der Waals surface area contributed by atoms with Gasteiger partial charge in [0.15, 0.2) is 0 Å². The van der Waals surface area contributed by atoms with Crippen LogP contribution in [0.2, 0.25) is 0 Å². The first-order valence-corrected chi connectivity index (χ1v) is 19.4. The van der Waals surface area contributed by atoms with Gasteiger partial charge in [0.2, 0.25) is 0 Å². The monoisotopic (exact) mass is 705 g/mol. The molecule has 1 nitrogen and oxygen atoms in total. The lowest BCUT2D eigenvalue weighted by atomic mass is 9.55. The van der Waals surface area contributed by atoms with Crippen LogP contribution in [-0.2, 0) is 10.8 Å². The summed E-state index contributed by atoms with van der Waals surface area (Å²) in [6.45, 7) is 9.64. The van der Waals surface area contributed by atoms with Gasteiger partial charge in [-0.25, -0.2) is 0 Å². The predicted molar refractivity (Wildman–Crippen MR) is 236 cm³/mol. The van der Waals surface area contributed by atoms with E-state index in [1.165, 1.54) is 76.8 Å². The minimum Gasteiger partial charge on any atom is -0.309 e. The van der Waals surface area contributed by atoms with Gasteiger partial charge in [-0.2, -0.15) is 0 Å². The first-order chi connectivity index (χ1) is 26.8. The first kappa shape index (κ1) is 33.2. The zero-order valence-corrected chi connectivity index (χ0v) is 31.8. The zero-order chi connectivity index (χ0) is 37.3. The smallest absolute Gasteiger partial charge is 0.0540 e. The van der Waals surface area contributed by atoms with Crippen LogP contribution in [0.3, 0.4) is 0 Å². The van der Waals surface area contributed by atoms with E-state index in [9.17, 15) is 0 Å².